The Morgan fingerprint density at radius 3 is 2.57 bits per heavy atom. The molecule has 1 N–H and O–H groups in total. The van der Waals surface area contributed by atoms with Crippen molar-refractivity contribution in [1.29, 1.82) is 0 Å². The molecule has 1 atom stereocenters. The van der Waals surface area contributed by atoms with Crippen molar-refractivity contribution in [3.8, 4) is 5.75 Å². The number of methoxy groups -OCH3 is 2. The van der Waals surface area contributed by atoms with Crippen LogP contribution in [0.3, 0.4) is 0 Å². The van der Waals surface area contributed by atoms with Crippen molar-refractivity contribution in [2.45, 2.75) is 12.5 Å². The summed E-state index contributed by atoms with van der Waals surface area (Å²) in [7, 11) is 2.86. The number of nitrogens with one attached hydrogen (secondary N) is 1. The van der Waals surface area contributed by atoms with Crippen LogP contribution in [0, 0.1) is 0 Å². The summed E-state index contributed by atoms with van der Waals surface area (Å²) in [4.78, 5) is 28.0. The summed E-state index contributed by atoms with van der Waals surface area (Å²) < 4.78 is 9.94. The second-order valence-electron chi connectivity index (χ2n) is 4.84. The summed E-state index contributed by atoms with van der Waals surface area (Å²) in [6.07, 6.45) is 3.34. The van der Waals surface area contributed by atoms with E-state index in [0.717, 1.165) is 5.56 Å². The number of hydrogen-bond donors (Lipinski definition) is 1. The van der Waals surface area contributed by atoms with E-state index in [4.69, 9.17) is 9.47 Å². The van der Waals surface area contributed by atoms with Crippen molar-refractivity contribution in [2.24, 2.45) is 0 Å². The van der Waals surface area contributed by atoms with Crippen LogP contribution in [-0.4, -0.2) is 37.1 Å². The lowest BCUT2D eigenvalue weighted by molar-refractivity contribution is -0.142. The van der Waals surface area contributed by atoms with Crippen LogP contribution in [-0.2, 0) is 16.0 Å². The van der Waals surface area contributed by atoms with Crippen LogP contribution in [0.4, 0.5) is 0 Å². The molecule has 0 spiro atoms. The zero-order valence-electron chi connectivity index (χ0n) is 13.0. The van der Waals surface area contributed by atoms with Crippen LogP contribution in [0.2, 0.25) is 0 Å². The molecule has 6 nitrogen and oxygen atoms in total. The minimum Gasteiger partial charge on any atom is -0.497 e. The molecule has 0 aliphatic carbocycles. The molecule has 120 valence electrons. The van der Waals surface area contributed by atoms with E-state index in [1.165, 1.54) is 19.5 Å². The van der Waals surface area contributed by atoms with Crippen molar-refractivity contribution in [3.63, 3.8) is 0 Å². The highest BCUT2D eigenvalue weighted by molar-refractivity contribution is 5.96. The third-order valence-electron chi connectivity index (χ3n) is 3.31. The van der Waals surface area contributed by atoms with Gasteiger partial charge in [0.2, 0.25) is 0 Å². The lowest BCUT2D eigenvalue weighted by Gasteiger charge is -2.17. The molecule has 0 aliphatic rings. The van der Waals surface area contributed by atoms with E-state index in [1.807, 2.05) is 24.3 Å². The molecule has 0 saturated carbocycles. The largest absolute Gasteiger partial charge is 0.497 e. The van der Waals surface area contributed by atoms with Crippen molar-refractivity contribution >= 4 is 11.9 Å². The topological polar surface area (TPSA) is 77.5 Å². The number of carbonyl (C=O) groups excluding carboxylic acids is 2. The number of hydrogen-bond acceptors (Lipinski definition) is 5. The molecule has 1 amide bonds. The third-order valence-corrected chi connectivity index (χ3v) is 3.31. The number of esters is 1. The maximum atomic E-state index is 12.2. The van der Waals surface area contributed by atoms with Crippen molar-refractivity contribution in [3.05, 3.63) is 59.9 Å². The highest BCUT2D eigenvalue weighted by Gasteiger charge is 2.22. The van der Waals surface area contributed by atoms with E-state index in [2.05, 4.69) is 10.3 Å². The zero-order chi connectivity index (χ0) is 16.7. The quantitative estimate of drug-likeness (QED) is 0.820. The third kappa shape index (κ3) is 4.54. The molecule has 1 aromatic heterocycles. The fourth-order valence-corrected chi connectivity index (χ4v) is 2.12. The Labute approximate surface area is 134 Å². The molecule has 0 bridgehead atoms. The molecule has 0 fully saturated rings. The van der Waals surface area contributed by atoms with Crippen molar-refractivity contribution < 1.29 is 19.1 Å². The van der Waals surface area contributed by atoms with Gasteiger partial charge in [0.25, 0.3) is 5.91 Å². The van der Waals surface area contributed by atoms with Gasteiger partial charge in [-0.1, -0.05) is 12.1 Å². The number of amides is 1. The molecule has 1 aromatic carbocycles. The van der Waals surface area contributed by atoms with Gasteiger partial charge in [-0.25, -0.2) is 4.79 Å². The van der Waals surface area contributed by atoms with E-state index in [9.17, 15) is 9.59 Å². The van der Waals surface area contributed by atoms with E-state index < -0.39 is 12.0 Å². The number of pyridine rings is 1. The fraction of sp³-hybridized carbons (Fsp3) is 0.235. The lowest BCUT2D eigenvalue weighted by atomic mass is 10.1. The maximum Gasteiger partial charge on any atom is 0.328 e. The zero-order valence-corrected chi connectivity index (χ0v) is 13.0. The number of carbonyl (C=O) groups is 2. The second-order valence-corrected chi connectivity index (χ2v) is 4.84. The van der Waals surface area contributed by atoms with E-state index >= 15 is 0 Å². The van der Waals surface area contributed by atoms with E-state index in [1.54, 1.807) is 19.2 Å². The Bertz CT molecular complexity index is 673. The predicted molar refractivity (Wildman–Crippen MR) is 84.2 cm³/mol. The summed E-state index contributed by atoms with van der Waals surface area (Å²) in [5.74, 6) is -0.174. The van der Waals surface area contributed by atoms with Crippen molar-refractivity contribution in [1.82, 2.24) is 10.3 Å². The monoisotopic (exact) mass is 314 g/mol. The Morgan fingerprint density at radius 1 is 1.17 bits per heavy atom. The van der Waals surface area contributed by atoms with Crippen LogP contribution in [0.15, 0.2) is 48.8 Å². The highest BCUT2D eigenvalue weighted by Crippen LogP contribution is 2.14. The minimum absolute atomic E-state index is 0.306. The standard InChI is InChI=1S/C17H18N2O4/c1-22-14-5-3-4-12(10-14)11-15(17(21)23-2)19-16(20)13-6-8-18-9-7-13/h3-10,15H,11H2,1-2H3,(H,19,20)/t15-/m0/s1. The van der Waals surface area contributed by atoms with Gasteiger partial charge in [-0.2, -0.15) is 0 Å². The van der Waals surface area contributed by atoms with Gasteiger partial charge in [-0.05, 0) is 29.8 Å². The first-order valence-electron chi connectivity index (χ1n) is 7.05. The lowest BCUT2D eigenvalue weighted by Crippen LogP contribution is -2.43. The Morgan fingerprint density at radius 2 is 1.91 bits per heavy atom. The van der Waals surface area contributed by atoms with Gasteiger partial charge in [0.1, 0.15) is 11.8 Å². The van der Waals surface area contributed by atoms with Crippen LogP contribution in [0.25, 0.3) is 0 Å². The fourth-order valence-electron chi connectivity index (χ4n) is 2.12. The maximum absolute atomic E-state index is 12.2. The summed E-state index contributed by atoms with van der Waals surface area (Å²) in [5, 5.41) is 2.69. The van der Waals surface area contributed by atoms with Crippen LogP contribution in [0.1, 0.15) is 15.9 Å². The van der Waals surface area contributed by atoms with Crippen LogP contribution in [0.5, 0.6) is 5.75 Å². The summed E-state index contributed by atoms with van der Waals surface area (Å²) in [6, 6.07) is 9.68. The SMILES string of the molecule is COC(=O)[C@H](Cc1cccc(OC)c1)NC(=O)c1ccncc1. The Balaban J connectivity index is 2.14. The molecule has 1 heterocycles. The van der Waals surface area contributed by atoms with Crippen molar-refractivity contribution in [2.75, 3.05) is 14.2 Å². The van der Waals surface area contributed by atoms with Gasteiger partial charge in [0, 0.05) is 24.4 Å². The normalized spacial score (nSPS) is 11.4. The molecule has 2 aromatic rings. The summed E-state index contributed by atoms with van der Waals surface area (Å²) in [6.45, 7) is 0. The summed E-state index contributed by atoms with van der Waals surface area (Å²) >= 11 is 0. The second kappa shape index (κ2) is 7.93. The molecule has 0 aliphatic heterocycles. The first-order chi connectivity index (χ1) is 11.1. The molecular weight excluding hydrogens is 296 g/mol. The van der Waals surface area contributed by atoms with Gasteiger partial charge in [0.05, 0.1) is 14.2 Å². The number of aromatic nitrogens is 1. The molecule has 2 rings (SSSR count). The first-order valence-corrected chi connectivity index (χ1v) is 7.05. The summed E-state index contributed by atoms with van der Waals surface area (Å²) in [5.41, 5.74) is 1.29. The predicted octanol–water partition coefficient (Wildman–Crippen LogP) is 1.60. The Kier molecular flexibility index (Phi) is 5.68. The molecular formula is C17H18N2O4. The van der Waals surface area contributed by atoms with Crippen LogP contribution >= 0.6 is 0 Å². The number of benzene rings is 1. The van der Waals surface area contributed by atoms with Gasteiger partial charge >= 0.3 is 5.97 Å². The van der Waals surface area contributed by atoms with Gasteiger partial charge in [0.15, 0.2) is 0 Å². The molecule has 0 unspecified atom stereocenters. The number of nitrogens with zero attached hydrogens (tertiary/aromatic N) is 1. The van der Waals surface area contributed by atoms with Gasteiger partial charge in [-0.3, -0.25) is 9.78 Å². The molecule has 23 heavy (non-hydrogen) atoms. The van der Waals surface area contributed by atoms with E-state index in [0.29, 0.717) is 17.7 Å². The number of ether oxygens (including phenoxy) is 2. The Hall–Kier alpha value is -2.89. The first kappa shape index (κ1) is 16.5. The van der Waals surface area contributed by atoms with Crippen LogP contribution < -0.4 is 10.1 Å². The average Bonchev–Trinajstić information content (AvgIpc) is 2.61. The molecule has 0 saturated heterocycles. The molecule has 6 heteroatoms. The number of rotatable bonds is 6. The smallest absolute Gasteiger partial charge is 0.328 e. The molecule has 0 radical (unpaired) electrons. The van der Waals surface area contributed by atoms with Gasteiger partial charge in [-0.15, -0.1) is 0 Å². The van der Waals surface area contributed by atoms with E-state index in [-0.39, 0.29) is 5.91 Å². The minimum atomic E-state index is -0.784. The average molecular weight is 314 g/mol. The van der Waals surface area contributed by atoms with Gasteiger partial charge < -0.3 is 14.8 Å². The highest BCUT2D eigenvalue weighted by atomic mass is 16.5.